The lowest BCUT2D eigenvalue weighted by molar-refractivity contribution is -0.131. The zero-order valence-electron chi connectivity index (χ0n) is 11.2. The second kappa shape index (κ2) is 5.42. The molecule has 1 aromatic rings. The van der Waals surface area contributed by atoms with Gasteiger partial charge in [0, 0.05) is 18.3 Å². The zero-order chi connectivity index (χ0) is 13.1. The molecule has 1 aliphatic carbocycles. The number of benzene rings is 1. The van der Waals surface area contributed by atoms with Crippen LogP contribution in [0.15, 0.2) is 24.3 Å². The standard InChI is InChI=1S/C15H22N2O/c1-11(2)10-17(13-7-8-13)15(18)9-12-5-3-4-6-14(12)16/h3-6,11,13H,7-10,16H2,1-2H3. The van der Waals surface area contributed by atoms with E-state index in [0.29, 0.717) is 24.1 Å². The maximum atomic E-state index is 12.4. The topological polar surface area (TPSA) is 46.3 Å². The fourth-order valence-corrected chi connectivity index (χ4v) is 2.19. The van der Waals surface area contributed by atoms with E-state index in [2.05, 4.69) is 13.8 Å². The third-order valence-corrected chi connectivity index (χ3v) is 3.27. The molecule has 2 N–H and O–H groups in total. The fraction of sp³-hybridized carbons (Fsp3) is 0.533. The van der Waals surface area contributed by atoms with Crippen molar-refractivity contribution in [1.82, 2.24) is 4.90 Å². The van der Waals surface area contributed by atoms with E-state index < -0.39 is 0 Å². The Morgan fingerprint density at radius 3 is 2.61 bits per heavy atom. The highest BCUT2D eigenvalue weighted by Crippen LogP contribution is 2.28. The molecule has 0 aromatic heterocycles. The van der Waals surface area contributed by atoms with E-state index in [-0.39, 0.29) is 5.91 Å². The number of nitrogens with zero attached hydrogens (tertiary/aromatic N) is 1. The van der Waals surface area contributed by atoms with Crippen LogP contribution in [0, 0.1) is 5.92 Å². The highest BCUT2D eigenvalue weighted by Gasteiger charge is 2.32. The highest BCUT2D eigenvalue weighted by molar-refractivity contribution is 5.81. The predicted octanol–water partition coefficient (Wildman–Crippen LogP) is 2.46. The van der Waals surface area contributed by atoms with Crippen molar-refractivity contribution >= 4 is 11.6 Å². The second-order valence-electron chi connectivity index (χ2n) is 5.55. The zero-order valence-corrected chi connectivity index (χ0v) is 11.2. The van der Waals surface area contributed by atoms with Crippen LogP contribution in [-0.4, -0.2) is 23.4 Å². The second-order valence-corrected chi connectivity index (χ2v) is 5.55. The molecule has 0 saturated heterocycles. The molecule has 0 heterocycles. The van der Waals surface area contributed by atoms with Gasteiger partial charge in [-0.25, -0.2) is 0 Å². The number of para-hydroxylation sites is 1. The van der Waals surface area contributed by atoms with Gasteiger partial charge < -0.3 is 10.6 Å². The van der Waals surface area contributed by atoms with Gasteiger partial charge in [0.25, 0.3) is 0 Å². The van der Waals surface area contributed by atoms with Gasteiger partial charge in [0.2, 0.25) is 5.91 Å². The molecule has 0 aliphatic heterocycles. The smallest absolute Gasteiger partial charge is 0.227 e. The first kappa shape index (κ1) is 12.9. The predicted molar refractivity (Wildman–Crippen MR) is 74.1 cm³/mol. The van der Waals surface area contributed by atoms with Crippen LogP contribution < -0.4 is 5.73 Å². The highest BCUT2D eigenvalue weighted by atomic mass is 16.2. The lowest BCUT2D eigenvalue weighted by atomic mass is 10.1. The van der Waals surface area contributed by atoms with Crippen LogP contribution in [0.5, 0.6) is 0 Å². The van der Waals surface area contributed by atoms with Crippen LogP contribution in [0.1, 0.15) is 32.3 Å². The van der Waals surface area contributed by atoms with Crippen LogP contribution in [0.3, 0.4) is 0 Å². The number of carbonyl (C=O) groups is 1. The maximum Gasteiger partial charge on any atom is 0.227 e. The molecule has 98 valence electrons. The summed E-state index contributed by atoms with van der Waals surface area (Å²) in [6, 6.07) is 8.10. The van der Waals surface area contributed by atoms with E-state index in [1.807, 2.05) is 29.2 Å². The molecule has 3 nitrogen and oxygen atoms in total. The molecule has 0 bridgehead atoms. The van der Waals surface area contributed by atoms with Gasteiger partial charge in [0.1, 0.15) is 0 Å². The van der Waals surface area contributed by atoms with E-state index in [1.165, 1.54) is 0 Å². The van der Waals surface area contributed by atoms with Crippen LogP contribution in [0.4, 0.5) is 5.69 Å². The van der Waals surface area contributed by atoms with Crippen molar-refractivity contribution in [1.29, 1.82) is 0 Å². The molecule has 3 heteroatoms. The van der Waals surface area contributed by atoms with E-state index in [1.54, 1.807) is 0 Å². The number of nitrogens with two attached hydrogens (primary N) is 1. The van der Waals surface area contributed by atoms with Crippen molar-refractivity contribution in [3.63, 3.8) is 0 Å². The number of rotatable bonds is 5. The summed E-state index contributed by atoms with van der Waals surface area (Å²) < 4.78 is 0. The van der Waals surface area contributed by atoms with Crippen molar-refractivity contribution in [2.45, 2.75) is 39.2 Å². The van der Waals surface area contributed by atoms with E-state index in [9.17, 15) is 4.79 Å². The monoisotopic (exact) mass is 246 g/mol. The Balaban J connectivity index is 2.03. The van der Waals surface area contributed by atoms with Gasteiger partial charge in [0.05, 0.1) is 6.42 Å². The number of carbonyl (C=O) groups excluding carboxylic acids is 1. The summed E-state index contributed by atoms with van der Waals surface area (Å²) >= 11 is 0. The summed E-state index contributed by atoms with van der Waals surface area (Å²) in [7, 11) is 0. The third kappa shape index (κ3) is 3.25. The molecule has 2 rings (SSSR count). The fourth-order valence-electron chi connectivity index (χ4n) is 2.19. The molecule has 1 aliphatic rings. The van der Waals surface area contributed by atoms with Crippen LogP contribution in [-0.2, 0) is 11.2 Å². The van der Waals surface area contributed by atoms with Crippen molar-refractivity contribution in [2.24, 2.45) is 5.92 Å². The average Bonchev–Trinajstić information content (AvgIpc) is 3.12. The molecule has 0 spiro atoms. The Labute approximate surface area is 109 Å². The molecule has 18 heavy (non-hydrogen) atoms. The molecule has 0 radical (unpaired) electrons. The van der Waals surface area contributed by atoms with Crippen LogP contribution in [0.25, 0.3) is 0 Å². The minimum atomic E-state index is 0.212. The number of amides is 1. The van der Waals surface area contributed by atoms with Gasteiger partial charge in [0.15, 0.2) is 0 Å². The SMILES string of the molecule is CC(C)CN(C(=O)Cc1ccccc1N)C1CC1. The Bertz CT molecular complexity index is 424. The third-order valence-electron chi connectivity index (χ3n) is 3.27. The lowest BCUT2D eigenvalue weighted by Crippen LogP contribution is -2.37. The largest absolute Gasteiger partial charge is 0.398 e. The Morgan fingerprint density at radius 2 is 2.06 bits per heavy atom. The Kier molecular flexibility index (Phi) is 3.90. The number of hydrogen-bond donors (Lipinski definition) is 1. The van der Waals surface area contributed by atoms with Crippen LogP contribution >= 0.6 is 0 Å². The molecule has 0 atom stereocenters. The Morgan fingerprint density at radius 1 is 1.39 bits per heavy atom. The Hall–Kier alpha value is -1.51. The van der Waals surface area contributed by atoms with Gasteiger partial charge in [-0.2, -0.15) is 0 Å². The molecule has 0 unspecified atom stereocenters. The first-order valence-electron chi connectivity index (χ1n) is 6.70. The summed E-state index contributed by atoms with van der Waals surface area (Å²) in [6.07, 6.45) is 2.74. The maximum absolute atomic E-state index is 12.4. The van der Waals surface area contributed by atoms with Gasteiger partial charge in [-0.05, 0) is 30.4 Å². The molecule has 1 saturated carbocycles. The van der Waals surface area contributed by atoms with Gasteiger partial charge in [-0.15, -0.1) is 0 Å². The molecular weight excluding hydrogens is 224 g/mol. The quantitative estimate of drug-likeness (QED) is 0.811. The van der Waals surface area contributed by atoms with Gasteiger partial charge in [-0.3, -0.25) is 4.79 Å². The van der Waals surface area contributed by atoms with Crippen molar-refractivity contribution in [2.75, 3.05) is 12.3 Å². The summed E-state index contributed by atoms with van der Waals surface area (Å²) in [5, 5.41) is 0. The summed E-state index contributed by atoms with van der Waals surface area (Å²) in [4.78, 5) is 14.4. The minimum absolute atomic E-state index is 0.212. The van der Waals surface area contributed by atoms with Crippen molar-refractivity contribution in [3.05, 3.63) is 29.8 Å². The summed E-state index contributed by atoms with van der Waals surface area (Å²) in [6.45, 7) is 5.16. The molecule has 1 amide bonds. The summed E-state index contributed by atoms with van der Waals surface area (Å²) in [5.41, 5.74) is 7.55. The summed E-state index contributed by atoms with van der Waals surface area (Å²) in [5.74, 6) is 0.728. The van der Waals surface area contributed by atoms with E-state index >= 15 is 0 Å². The average molecular weight is 246 g/mol. The van der Waals surface area contributed by atoms with Gasteiger partial charge >= 0.3 is 0 Å². The molecule has 1 aromatic carbocycles. The van der Waals surface area contributed by atoms with E-state index in [0.717, 1.165) is 24.9 Å². The number of anilines is 1. The lowest BCUT2D eigenvalue weighted by Gasteiger charge is -2.24. The minimum Gasteiger partial charge on any atom is -0.398 e. The number of hydrogen-bond acceptors (Lipinski definition) is 2. The molecular formula is C15H22N2O. The number of nitrogen functional groups attached to an aromatic ring is 1. The first-order valence-corrected chi connectivity index (χ1v) is 6.70. The molecule has 1 fully saturated rings. The first-order chi connectivity index (χ1) is 8.58. The van der Waals surface area contributed by atoms with Crippen molar-refractivity contribution in [3.8, 4) is 0 Å². The normalized spacial score (nSPS) is 14.8. The van der Waals surface area contributed by atoms with Gasteiger partial charge in [-0.1, -0.05) is 32.0 Å². The van der Waals surface area contributed by atoms with Crippen molar-refractivity contribution < 1.29 is 4.79 Å². The van der Waals surface area contributed by atoms with Crippen LogP contribution in [0.2, 0.25) is 0 Å². The van der Waals surface area contributed by atoms with E-state index in [4.69, 9.17) is 5.73 Å².